The molecule has 0 aromatic heterocycles. The molecule has 79 valence electrons. The third kappa shape index (κ3) is 4.16. The van der Waals surface area contributed by atoms with E-state index in [9.17, 15) is 4.57 Å². The number of benzene rings is 1. The van der Waals surface area contributed by atoms with Crippen molar-refractivity contribution in [3.63, 3.8) is 0 Å². The van der Waals surface area contributed by atoms with Gasteiger partial charge < -0.3 is 9.05 Å². The smallest absolute Gasteiger partial charge is 0.305 e. The van der Waals surface area contributed by atoms with Gasteiger partial charge in [-0.25, -0.2) is 0 Å². The average molecular weight is 279 g/mol. The van der Waals surface area contributed by atoms with Crippen molar-refractivity contribution < 1.29 is 33.1 Å². The third-order valence-electron chi connectivity index (χ3n) is 1.61. The van der Waals surface area contributed by atoms with E-state index in [0.29, 0.717) is 18.5 Å². The zero-order valence-corrected chi connectivity index (χ0v) is 13.0. The van der Waals surface area contributed by atoms with Crippen LogP contribution in [0.3, 0.4) is 0 Å². The van der Waals surface area contributed by atoms with Crippen LogP contribution in [0.25, 0.3) is 0 Å². The molecule has 0 spiro atoms. The summed E-state index contributed by atoms with van der Waals surface area (Å²) in [6.45, 7) is 4.33. The van der Waals surface area contributed by atoms with E-state index in [2.05, 4.69) is 6.07 Å². The molecular weight excluding hydrogens is 264 g/mol. The summed E-state index contributed by atoms with van der Waals surface area (Å²) in [6.07, 6.45) is 0. The number of rotatable bonds is 5. The van der Waals surface area contributed by atoms with Gasteiger partial charge in [0, 0.05) is 19.5 Å². The topological polar surface area (TPSA) is 35.5 Å². The van der Waals surface area contributed by atoms with Gasteiger partial charge in [-0.15, -0.1) is 0 Å². The van der Waals surface area contributed by atoms with E-state index in [-0.39, 0.29) is 19.5 Å². The van der Waals surface area contributed by atoms with Gasteiger partial charge in [-0.1, -0.05) is 12.1 Å². The molecule has 0 saturated heterocycles. The maximum Gasteiger partial charge on any atom is 0.361 e. The number of hydrogen-bond acceptors (Lipinski definition) is 3. The molecular formula is C10H14O3PZn. The number of hydrogen-bond donors (Lipinski definition) is 0. The average Bonchev–Trinajstić information content (AvgIpc) is 2.20. The van der Waals surface area contributed by atoms with Crippen LogP contribution in [0, 0.1) is 6.07 Å². The van der Waals surface area contributed by atoms with Crippen LogP contribution in [0.4, 0.5) is 0 Å². The molecule has 0 fully saturated rings. The predicted octanol–water partition coefficient (Wildman–Crippen LogP) is 2.38. The van der Waals surface area contributed by atoms with Crippen molar-refractivity contribution in [3.05, 3.63) is 30.3 Å². The molecule has 0 aliphatic heterocycles. The maximum atomic E-state index is 12.2. The molecule has 0 atom stereocenters. The van der Waals surface area contributed by atoms with Crippen molar-refractivity contribution in [2.75, 3.05) is 13.2 Å². The molecule has 0 aliphatic carbocycles. The fourth-order valence-corrected chi connectivity index (χ4v) is 2.65. The maximum absolute atomic E-state index is 12.2. The minimum Gasteiger partial charge on any atom is -0.305 e. The summed E-state index contributed by atoms with van der Waals surface area (Å²) < 4.78 is 22.5. The third-order valence-corrected chi connectivity index (χ3v) is 3.74. The van der Waals surface area contributed by atoms with E-state index >= 15 is 0 Å². The first kappa shape index (κ1) is 15.0. The minimum atomic E-state index is -3.09. The van der Waals surface area contributed by atoms with Gasteiger partial charge in [0.05, 0.1) is 18.5 Å². The van der Waals surface area contributed by atoms with E-state index in [0.717, 1.165) is 0 Å². The van der Waals surface area contributed by atoms with Gasteiger partial charge in [0.2, 0.25) is 0 Å². The fourth-order valence-electron chi connectivity index (χ4n) is 1.09. The summed E-state index contributed by atoms with van der Waals surface area (Å²) in [5, 5.41) is 0.583. The molecule has 5 heteroatoms. The van der Waals surface area contributed by atoms with Crippen LogP contribution in [-0.4, -0.2) is 13.2 Å². The molecule has 0 N–H and O–H groups in total. The summed E-state index contributed by atoms with van der Waals surface area (Å²) in [5.74, 6) is 0. The Kier molecular flexibility index (Phi) is 7.29. The largest absolute Gasteiger partial charge is 0.361 e. The van der Waals surface area contributed by atoms with Crippen LogP contribution in [-0.2, 0) is 33.1 Å². The Hall–Kier alpha value is -0.00662. The Labute approximate surface area is 103 Å². The van der Waals surface area contributed by atoms with E-state index in [4.69, 9.17) is 9.05 Å². The minimum absolute atomic E-state index is 0. The van der Waals surface area contributed by atoms with Gasteiger partial charge in [0.15, 0.2) is 0 Å². The molecule has 0 saturated carbocycles. The summed E-state index contributed by atoms with van der Waals surface area (Å²) in [6, 6.07) is 9.65. The molecule has 1 rings (SSSR count). The Morgan fingerprint density at radius 3 is 2.07 bits per heavy atom. The van der Waals surface area contributed by atoms with Crippen LogP contribution in [0.5, 0.6) is 0 Å². The zero-order chi connectivity index (χ0) is 10.4. The first-order valence-corrected chi connectivity index (χ1v) is 6.13. The molecule has 0 amide bonds. The molecule has 1 aromatic carbocycles. The normalized spacial score (nSPS) is 10.8. The summed E-state index contributed by atoms with van der Waals surface area (Å²) in [7, 11) is -3.09. The Balaban J connectivity index is 0.00000196. The monoisotopic (exact) mass is 277 g/mol. The van der Waals surface area contributed by atoms with Gasteiger partial charge in [0.1, 0.15) is 0 Å². The summed E-state index contributed by atoms with van der Waals surface area (Å²) in [5.41, 5.74) is 0. The van der Waals surface area contributed by atoms with Crippen molar-refractivity contribution in [2.24, 2.45) is 0 Å². The van der Waals surface area contributed by atoms with Crippen LogP contribution in [0.15, 0.2) is 24.3 Å². The van der Waals surface area contributed by atoms with E-state index < -0.39 is 7.60 Å². The molecule has 0 heterocycles. The van der Waals surface area contributed by atoms with Gasteiger partial charge in [-0.05, 0) is 32.0 Å². The molecule has 0 bridgehead atoms. The van der Waals surface area contributed by atoms with Crippen molar-refractivity contribution in [1.29, 1.82) is 0 Å². The van der Waals surface area contributed by atoms with Gasteiger partial charge in [-0.3, -0.25) is 4.57 Å². The van der Waals surface area contributed by atoms with E-state index in [1.165, 1.54) is 0 Å². The molecule has 1 aromatic rings. The van der Waals surface area contributed by atoms with Crippen molar-refractivity contribution in [3.8, 4) is 0 Å². The second-order valence-electron chi connectivity index (χ2n) is 2.59. The van der Waals surface area contributed by atoms with Crippen LogP contribution >= 0.6 is 7.60 Å². The second-order valence-corrected chi connectivity index (χ2v) is 4.62. The Bertz CT molecular complexity index is 306. The van der Waals surface area contributed by atoms with Crippen LogP contribution in [0.1, 0.15) is 13.8 Å². The summed E-state index contributed by atoms with van der Waals surface area (Å²) >= 11 is 0. The predicted molar refractivity (Wildman–Crippen MR) is 55.8 cm³/mol. The van der Waals surface area contributed by atoms with Gasteiger partial charge >= 0.3 is 7.60 Å². The summed E-state index contributed by atoms with van der Waals surface area (Å²) in [4.78, 5) is 0. The SMILES string of the molecule is CCOP(=O)(OCC)c1cc[c]cc1.[Zn]. The Morgan fingerprint density at radius 1 is 1.20 bits per heavy atom. The molecule has 0 unspecified atom stereocenters. The zero-order valence-electron chi connectivity index (χ0n) is 9.10. The first-order chi connectivity index (χ1) is 6.73. The Morgan fingerprint density at radius 2 is 1.67 bits per heavy atom. The van der Waals surface area contributed by atoms with Crippen molar-refractivity contribution >= 4 is 12.9 Å². The standard InChI is InChI=1S/C10H14O3P.Zn/c1-3-12-14(11,13-4-2)10-8-6-5-7-9-10;/h6-9H,3-4H2,1-2H3;. The van der Waals surface area contributed by atoms with Gasteiger partial charge in [0.25, 0.3) is 0 Å². The van der Waals surface area contributed by atoms with Crippen molar-refractivity contribution in [2.45, 2.75) is 13.8 Å². The van der Waals surface area contributed by atoms with Crippen LogP contribution in [0.2, 0.25) is 0 Å². The van der Waals surface area contributed by atoms with E-state index in [1.54, 1.807) is 38.1 Å². The first-order valence-electron chi connectivity index (χ1n) is 4.58. The van der Waals surface area contributed by atoms with Gasteiger partial charge in [-0.2, -0.15) is 0 Å². The fraction of sp³-hybridized carbons (Fsp3) is 0.400. The molecule has 15 heavy (non-hydrogen) atoms. The second kappa shape index (κ2) is 7.30. The van der Waals surface area contributed by atoms with E-state index in [1.807, 2.05) is 0 Å². The van der Waals surface area contributed by atoms with Crippen LogP contribution < -0.4 is 5.30 Å². The molecule has 0 aliphatic rings. The van der Waals surface area contributed by atoms with Crippen molar-refractivity contribution in [1.82, 2.24) is 0 Å². The molecule has 3 nitrogen and oxygen atoms in total. The molecule has 1 radical (unpaired) electrons. The quantitative estimate of drug-likeness (QED) is 0.613.